The Labute approximate surface area is 104 Å². The maximum absolute atomic E-state index is 10.8. The highest BCUT2D eigenvalue weighted by Crippen LogP contribution is 2.16. The molecule has 1 aliphatic heterocycles. The topological polar surface area (TPSA) is 52.6 Å². The summed E-state index contributed by atoms with van der Waals surface area (Å²) in [5.74, 6) is -0.737. The monoisotopic (exact) mass is 242 g/mol. The number of likely N-dealkylation sites (tertiary alicyclic amines) is 1. The average molecular weight is 242 g/mol. The Hall–Kier alpha value is -0.610. The number of rotatable bonds is 7. The number of hydrogen-bond acceptors (Lipinski definition) is 3. The molecule has 2 N–H and O–H groups in total. The van der Waals surface area contributed by atoms with Gasteiger partial charge < -0.3 is 15.3 Å². The van der Waals surface area contributed by atoms with E-state index in [9.17, 15) is 4.79 Å². The minimum Gasteiger partial charge on any atom is -0.480 e. The van der Waals surface area contributed by atoms with Crippen molar-refractivity contribution in [2.75, 3.05) is 19.6 Å². The van der Waals surface area contributed by atoms with Crippen molar-refractivity contribution in [1.29, 1.82) is 0 Å². The van der Waals surface area contributed by atoms with E-state index in [1.54, 1.807) is 0 Å². The quantitative estimate of drug-likeness (QED) is 0.667. The number of hydrogen-bond donors (Lipinski definition) is 2. The number of carboxylic acids is 1. The lowest BCUT2D eigenvalue weighted by molar-refractivity contribution is -0.139. The molecule has 0 aromatic heterocycles. The summed E-state index contributed by atoms with van der Waals surface area (Å²) in [7, 11) is 0. The van der Waals surface area contributed by atoms with Gasteiger partial charge >= 0.3 is 5.97 Å². The molecule has 0 saturated carbocycles. The van der Waals surface area contributed by atoms with E-state index in [2.05, 4.69) is 17.1 Å². The number of aliphatic carboxylic acids is 1. The largest absolute Gasteiger partial charge is 0.480 e. The fraction of sp³-hybridized carbons (Fsp3) is 0.923. The zero-order valence-corrected chi connectivity index (χ0v) is 11.1. The van der Waals surface area contributed by atoms with Crippen molar-refractivity contribution in [3.05, 3.63) is 0 Å². The van der Waals surface area contributed by atoms with Crippen LogP contribution in [-0.2, 0) is 4.79 Å². The molecule has 100 valence electrons. The van der Waals surface area contributed by atoms with Crippen LogP contribution in [0.15, 0.2) is 0 Å². The molecule has 0 aromatic rings. The van der Waals surface area contributed by atoms with Gasteiger partial charge in [-0.15, -0.1) is 0 Å². The van der Waals surface area contributed by atoms with Crippen LogP contribution in [-0.4, -0.2) is 47.7 Å². The first-order valence-corrected chi connectivity index (χ1v) is 6.85. The van der Waals surface area contributed by atoms with E-state index < -0.39 is 5.97 Å². The Morgan fingerprint density at radius 2 is 2.29 bits per heavy atom. The first-order valence-electron chi connectivity index (χ1n) is 6.85. The molecule has 1 aliphatic rings. The SMILES string of the molecule is CCC(NCCCN1CCCCC1C)C(=O)O. The second-order valence-electron chi connectivity index (χ2n) is 4.99. The zero-order chi connectivity index (χ0) is 12.7. The van der Waals surface area contributed by atoms with E-state index in [0.29, 0.717) is 12.5 Å². The van der Waals surface area contributed by atoms with E-state index in [-0.39, 0.29) is 6.04 Å². The minimum absolute atomic E-state index is 0.381. The Kier molecular flexibility index (Phi) is 6.52. The molecule has 4 heteroatoms. The number of carbonyl (C=O) groups is 1. The van der Waals surface area contributed by atoms with Crippen LogP contribution in [0.4, 0.5) is 0 Å². The number of carboxylic acid groups (broad SMARTS) is 1. The summed E-state index contributed by atoms with van der Waals surface area (Å²) < 4.78 is 0. The molecular formula is C13H26N2O2. The van der Waals surface area contributed by atoms with Gasteiger partial charge in [0.25, 0.3) is 0 Å². The Balaban J connectivity index is 2.12. The van der Waals surface area contributed by atoms with Gasteiger partial charge in [0, 0.05) is 6.04 Å². The molecule has 17 heavy (non-hydrogen) atoms. The molecule has 1 heterocycles. The predicted molar refractivity (Wildman–Crippen MR) is 69.2 cm³/mol. The summed E-state index contributed by atoms with van der Waals surface area (Å²) in [6.07, 6.45) is 5.65. The minimum atomic E-state index is -0.737. The molecule has 0 bridgehead atoms. The number of nitrogens with zero attached hydrogens (tertiary/aromatic N) is 1. The molecular weight excluding hydrogens is 216 g/mol. The van der Waals surface area contributed by atoms with Crippen molar-refractivity contribution >= 4 is 5.97 Å². The summed E-state index contributed by atoms with van der Waals surface area (Å²) in [6, 6.07) is 0.318. The van der Waals surface area contributed by atoms with Crippen molar-refractivity contribution in [2.24, 2.45) is 0 Å². The third kappa shape index (κ3) is 5.04. The smallest absolute Gasteiger partial charge is 0.320 e. The van der Waals surface area contributed by atoms with E-state index in [1.165, 1.54) is 25.8 Å². The van der Waals surface area contributed by atoms with Crippen LogP contribution in [0.3, 0.4) is 0 Å². The molecule has 0 aliphatic carbocycles. The highest BCUT2D eigenvalue weighted by molar-refractivity contribution is 5.73. The molecule has 0 radical (unpaired) electrons. The average Bonchev–Trinajstić information content (AvgIpc) is 2.31. The number of nitrogens with one attached hydrogen (secondary N) is 1. The highest BCUT2D eigenvalue weighted by atomic mass is 16.4. The molecule has 1 fully saturated rings. The zero-order valence-electron chi connectivity index (χ0n) is 11.1. The lowest BCUT2D eigenvalue weighted by atomic mass is 10.0. The first kappa shape index (κ1) is 14.5. The van der Waals surface area contributed by atoms with Crippen LogP contribution < -0.4 is 5.32 Å². The van der Waals surface area contributed by atoms with Crippen LogP contribution in [0, 0.1) is 0 Å². The van der Waals surface area contributed by atoms with Crippen LogP contribution in [0.1, 0.15) is 46.0 Å². The second kappa shape index (κ2) is 7.67. The summed E-state index contributed by atoms with van der Waals surface area (Å²) in [5.41, 5.74) is 0. The lowest BCUT2D eigenvalue weighted by Crippen LogP contribution is -2.41. The summed E-state index contributed by atoms with van der Waals surface area (Å²) >= 11 is 0. The lowest BCUT2D eigenvalue weighted by Gasteiger charge is -2.33. The van der Waals surface area contributed by atoms with Crippen LogP contribution in [0.5, 0.6) is 0 Å². The van der Waals surface area contributed by atoms with Gasteiger partial charge in [-0.3, -0.25) is 4.79 Å². The van der Waals surface area contributed by atoms with Crippen LogP contribution in [0.2, 0.25) is 0 Å². The second-order valence-corrected chi connectivity index (χ2v) is 4.99. The fourth-order valence-electron chi connectivity index (χ4n) is 2.45. The molecule has 2 unspecified atom stereocenters. The van der Waals surface area contributed by atoms with E-state index >= 15 is 0 Å². The third-order valence-corrected chi connectivity index (χ3v) is 3.66. The standard InChI is InChI=1S/C13H26N2O2/c1-3-12(13(16)17)14-8-6-10-15-9-5-4-7-11(15)2/h11-12,14H,3-10H2,1-2H3,(H,16,17). The maximum atomic E-state index is 10.8. The Bertz CT molecular complexity index is 233. The van der Waals surface area contributed by atoms with Gasteiger partial charge in [0.15, 0.2) is 0 Å². The Morgan fingerprint density at radius 3 is 2.88 bits per heavy atom. The molecule has 4 nitrogen and oxygen atoms in total. The van der Waals surface area contributed by atoms with Crippen molar-refractivity contribution in [2.45, 2.75) is 58.0 Å². The fourth-order valence-corrected chi connectivity index (χ4v) is 2.45. The van der Waals surface area contributed by atoms with Crippen molar-refractivity contribution in [3.8, 4) is 0 Å². The van der Waals surface area contributed by atoms with Crippen LogP contribution >= 0.6 is 0 Å². The van der Waals surface area contributed by atoms with Crippen molar-refractivity contribution in [3.63, 3.8) is 0 Å². The Morgan fingerprint density at radius 1 is 1.53 bits per heavy atom. The van der Waals surface area contributed by atoms with Gasteiger partial charge in [-0.1, -0.05) is 13.3 Å². The van der Waals surface area contributed by atoms with Crippen LogP contribution in [0.25, 0.3) is 0 Å². The van der Waals surface area contributed by atoms with Gasteiger partial charge in [0.05, 0.1) is 0 Å². The summed E-state index contributed by atoms with van der Waals surface area (Å²) in [6.45, 7) is 7.28. The first-order chi connectivity index (χ1) is 8.15. The van der Waals surface area contributed by atoms with Gasteiger partial charge in [0.1, 0.15) is 6.04 Å². The molecule has 2 atom stereocenters. The van der Waals surface area contributed by atoms with E-state index in [0.717, 1.165) is 19.5 Å². The third-order valence-electron chi connectivity index (χ3n) is 3.66. The van der Waals surface area contributed by atoms with E-state index in [4.69, 9.17) is 5.11 Å². The van der Waals surface area contributed by atoms with Gasteiger partial charge in [-0.25, -0.2) is 0 Å². The maximum Gasteiger partial charge on any atom is 0.320 e. The molecule has 0 spiro atoms. The van der Waals surface area contributed by atoms with E-state index in [1.807, 2.05) is 6.92 Å². The van der Waals surface area contributed by atoms with Gasteiger partial charge in [-0.05, 0) is 52.2 Å². The van der Waals surface area contributed by atoms with Gasteiger partial charge in [0.2, 0.25) is 0 Å². The predicted octanol–water partition coefficient (Wildman–Crippen LogP) is 1.70. The summed E-state index contributed by atoms with van der Waals surface area (Å²) in [5, 5.41) is 12.0. The molecule has 1 saturated heterocycles. The molecule has 0 amide bonds. The normalized spacial score (nSPS) is 23.5. The van der Waals surface area contributed by atoms with Crippen molar-refractivity contribution in [1.82, 2.24) is 10.2 Å². The van der Waals surface area contributed by atoms with Crippen molar-refractivity contribution < 1.29 is 9.90 Å². The molecule has 1 rings (SSSR count). The van der Waals surface area contributed by atoms with Gasteiger partial charge in [-0.2, -0.15) is 0 Å². The molecule has 0 aromatic carbocycles. The number of piperidine rings is 1. The highest BCUT2D eigenvalue weighted by Gasteiger charge is 2.18. The summed E-state index contributed by atoms with van der Waals surface area (Å²) in [4.78, 5) is 13.3.